The summed E-state index contributed by atoms with van der Waals surface area (Å²) in [4.78, 5) is -0.00446. The van der Waals surface area contributed by atoms with Crippen LogP contribution in [-0.4, -0.2) is 28.7 Å². The summed E-state index contributed by atoms with van der Waals surface area (Å²) in [6, 6.07) is 7.70. The summed E-state index contributed by atoms with van der Waals surface area (Å²) >= 11 is 0. The van der Waals surface area contributed by atoms with Crippen LogP contribution in [0.5, 0.6) is 5.75 Å². The van der Waals surface area contributed by atoms with Gasteiger partial charge in [-0.2, -0.15) is 13.2 Å². The average molecular weight is 446 g/mol. The SMILES string of the molecule is COCCOc1ccc(C(F)(F)F)cc1NS(=O)(=O)c1cc(C(C)(C)C)ccc1C. The van der Waals surface area contributed by atoms with Gasteiger partial charge in [-0.3, -0.25) is 4.72 Å². The number of methoxy groups -OCH3 is 1. The van der Waals surface area contributed by atoms with Gasteiger partial charge in [-0.15, -0.1) is 0 Å². The predicted octanol–water partition coefficient (Wildman–Crippen LogP) is 5.14. The Hall–Kier alpha value is -2.26. The van der Waals surface area contributed by atoms with Crippen LogP contribution in [0, 0.1) is 6.92 Å². The van der Waals surface area contributed by atoms with Crippen LogP contribution in [0.1, 0.15) is 37.5 Å². The Morgan fingerprint density at radius 3 is 2.17 bits per heavy atom. The molecule has 0 atom stereocenters. The van der Waals surface area contributed by atoms with Gasteiger partial charge in [0.2, 0.25) is 0 Å². The third kappa shape index (κ3) is 5.89. The van der Waals surface area contributed by atoms with E-state index in [-0.39, 0.29) is 35.0 Å². The van der Waals surface area contributed by atoms with Crippen LogP contribution in [0.25, 0.3) is 0 Å². The molecular weight excluding hydrogens is 419 g/mol. The normalized spacial score (nSPS) is 12.7. The predicted molar refractivity (Wildman–Crippen MR) is 110 cm³/mol. The molecule has 0 bridgehead atoms. The monoisotopic (exact) mass is 445 g/mol. The molecule has 0 unspecified atom stereocenters. The van der Waals surface area contributed by atoms with E-state index in [9.17, 15) is 21.6 Å². The summed E-state index contributed by atoms with van der Waals surface area (Å²) in [7, 11) is -2.72. The van der Waals surface area contributed by atoms with Crippen LogP contribution in [0.2, 0.25) is 0 Å². The summed E-state index contributed by atoms with van der Waals surface area (Å²) in [6.45, 7) is 7.69. The molecule has 9 heteroatoms. The Kier molecular flexibility index (Phi) is 7.08. The molecule has 166 valence electrons. The van der Waals surface area contributed by atoms with Gasteiger partial charge in [0, 0.05) is 7.11 Å². The van der Waals surface area contributed by atoms with Gasteiger partial charge in [0.1, 0.15) is 12.4 Å². The smallest absolute Gasteiger partial charge is 0.416 e. The zero-order valence-electron chi connectivity index (χ0n) is 17.6. The lowest BCUT2D eigenvalue weighted by molar-refractivity contribution is -0.137. The van der Waals surface area contributed by atoms with Crippen molar-refractivity contribution in [2.75, 3.05) is 25.0 Å². The highest BCUT2D eigenvalue weighted by Crippen LogP contribution is 2.36. The Balaban J connectivity index is 2.51. The molecule has 0 aliphatic carbocycles. The summed E-state index contributed by atoms with van der Waals surface area (Å²) in [6.07, 6.45) is -4.63. The molecule has 2 aromatic rings. The Labute approximate surface area is 175 Å². The van der Waals surface area contributed by atoms with Crippen molar-refractivity contribution in [3.63, 3.8) is 0 Å². The minimum absolute atomic E-state index is 0.00446. The molecule has 2 rings (SSSR count). The van der Waals surface area contributed by atoms with E-state index in [2.05, 4.69) is 4.72 Å². The van der Waals surface area contributed by atoms with Crippen LogP contribution in [0.4, 0.5) is 18.9 Å². The van der Waals surface area contributed by atoms with Crippen molar-refractivity contribution in [1.82, 2.24) is 0 Å². The second-order valence-electron chi connectivity index (χ2n) is 7.89. The third-order valence-electron chi connectivity index (χ3n) is 4.44. The van der Waals surface area contributed by atoms with Crippen molar-refractivity contribution in [1.29, 1.82) is 0 Å². The molecule has 30 heavy (non-hydrogen) atoms. The molecule has 0 aromatic heterocycles. The van der Waals surface area contributed by atoms with Crippen molar-refractivity contribution >= 4 is 15.7 Å². The lowest BCUT2D eigenvalue weighted by Gasteiger charge is -2.21. The van der Waals surface area contributed by atoms with E-state index in [1.165, 1.54) is 13.2 Å². The van der Waals surface area contributed by atoms with Crippen molar-refractivity contribution in [2.24, 2.45) is 0 Å². The fourth-order valence-electron chi connectivity index (χ4n) is 2.70. The number of nitrogens with one attached hydrogen (secondary N) is 1. The number of anilines is 1. The number of hydrogen-bond acceptors (Lipinski definition) is 4. The fraction of sp³-hybridized carbons (Fsp3) is 0.429. The van der Waals surface area contributed by atoms with Crippen molar-refractivity contribution in [3.05, 3.63) is 53.1 Å². The summed E-state index contributed by atoms with van der Waals surface area (Å²) in [5.74, 6) is -0.0201. The summed E-state index contributed by atoms with van der Waals surface area (Å²) < 4.78 is 78.2. The molecule has 0 amide bonds. The van der Waals surface area contributed by atoms with Gasteiger partial charge in [-0.25, -0.2) is 8.42 Å². The van der Waals surface area contributed by atoms with Gasteiger partial charge in [0.15, 0.2) is 0 Å². The standard InChI is InChI=1S/C21H26F3NO4S/c1-14-6-7-15(20(2,3)4)13-19(14)30(26,27)25-17-12-16(21(22,23)24)8-9-18(17)29-11-10-28-5/h6-9,12-13,25H,10-11H2,1-5H3. The molecule has 5 nitrogen and oxygen atoms in total. The molecule has 0 fully saturated rings. The number of halogens is 3. The molecule has 0 heterocycles. The molecule has 1 N–H and O–H groups in total. The van der Waals surface area contributed by atoms with Crippen molar-refractivity contribution < 1.29 is 31.1 Å². The second kappa shape index (κ2) is 8.85. The van der Waals surface area contributed by atoms with Gasteiger partial charge >= 0.3 is 6.18 Å². The molecule has 0 saturated heterocycles. The Morgan fingerprint density at radius 1 is 0.967 bits per heavy atom. The number of aryl methyl sites for hydroxylation is 1. The number of sulfonamides is 1. The highest BCUT2D eigenvalue weighted by molar-refractivity contribution is 7.92. The second-order valence-corrected chi connectivity index (χ2v) is 9.54. The zero-order valence-corrected chi connectivity index (χ0v) is 18.4. The maximum absolute atomic E-state index is 13.2. The molecule has 0 spiro atoms. The van der Waals surface area contributed by atoms with Crippen LogP contribution >= 0.6 is 0 Å². The van der Waals surface area contributed by atoms with E-state index in [1.54, 1.807) is 13.0 Å². The minimum atomic E-state index is -4.63. The number of benzene rings is 2. The first-order chi connectivity index (χ1) is 13.8. The first-order valence-corrected chi connectivity index (χ1v) is 10.7. The van der Waals surface area contributed by atoms with E-state index >= 15 is 0 Å². The topological polar surface area (TPSA) is 64.6 Å². The van der Waals surface area contributed by atoms with Gasteiger partial charge in [0.05, 0.1) is 22.8 Å². The maximum atomic E-state index is 13.2. The van der Waals surface area contributed by atoms with Gasteiger partial charge < -0.3 is 9.47 Å². The lowest BCUT2D eigenvalue weighted by Crippen LogP contribution is -2.18. The lowest BCUT2D eigenvalue weighted by atomic mass is 9.87. The maximum Gasteiger partial charge on any atom is 0.416 e. The first kappa shape index (κ1) is 24.0. The zero-order chi connectivity index (χ0) is 22.7. The van der Waals surface area contributed by atoms with E-state index in [1.807, 2.05) is 26.8 Å². The van der Waals surface area contributed by atoms with E-state index < -0.39 is 21.8 Å². The molecule has 0 aliphatic heterocycles. The van der Waals surface area contributed by atoms with Gasteiger partial charge in [-0.1, -0.05) is 32.9 Å². The minimum Gasteiger partial charge on any atom is -0.489 e. The molecule has 0 radical (unpaired) electrons. The van der Waals surface area contributed by atoms with Crippen LogP contribution in [0.15, 0.2) is 41.3 Å². The van der Waals surface area contributed by atoms with Crippen LogP contribution in [0.3, 0.4) is 0 Å². The summed E-state index contributed by atoms with van der Waals surface area (Å²) in [5.41, 5.74) is -0.317. The third-order valence-corrected chi connectivity index (χ3v) is 5.95. The first-order valence-electron chi connectivity index (χ1n) is 9.22. The number of alkyl halides is 3. The number of rotatable bonds is 7. The molecular formula is C21H26F3NO4S. The number of ether oxygens (including phenoxy) is 2. The average Bonchev–Trinajstić information content (AvgIpc) is 2.61. The number of hydrogen-bond donors (Lipinski definition) is 1. The summed E-state index contributed by atoms with van der Waals surface area (Å²) in [5, 5.41) is 0. The fourth-order valence-corrected chi connectivity index (χ4v) is 4.04. The van der Waals surface area contributed by atoms with Crippen molar-refractivity contribution in [3.8, 4) is 5.75 Å². The Morgan fingerprint density at radius 2 is 1.60 bits per heavy atom. The quantitative estimate of drug-likeness (QED) is 0.600. The molecule has 0 saturated carbocycles. The molecule has 2 aromatic carbocycles. The van der Waals surface area contributed by atoms with Crippen molar-refractivity contribution in [2.45, 2.75) is 44.2 Å². The van der Waals surface area contributed by atoms with Crippen LogP contribution < -0.4 is 9.46 Å². The highest BCUT2D eigenvalue weighted by Gasteiger charge is 2.32. The van der Waals surface area contributed by atoms with Gasteiger partial charge in [0.25, 0.3) is 10.0 Å². The van der Waals surface area contributed by atoms with E-state index in [4.69, 9.17) is 9.47 Å². The van der Waals surface area contributed by atoms with Crippen LogP contribution in [-0.2, 0) is 26.4 Å². The van der Waals surface area contributed by atoms with E-state index in [0.717, 1.165) is 23.8 Å². The molecule has 0 aliphatic rings. The van der Waals surface area contributed by atoms with E-state index in [0.29, 0.717) is 5.56 Å². The largest absolute Gasteiger partial charge is 0.489 e. The van der Waals surface area contributed by atoms with Gasteiger partial charge in [-0.05, 0) is 47.7 Å². The Bertz CT molecular complexity index is 996. The highest BCUT2D eigenvalue weighted by atomic mass is 32.2.